The minimum Gasteiger partial charge on any atom is -0.462 e. The summed E-state index contributed by atoms with van der Waals surface area (Å²) in [5.74, 6) is -0.302. The van der Waals surface area contributed by atoms with Crippen LogP contribution in [0.2, 0.25) is 0 Å². The summed E-state index contributed by atoms with van der Waals surface area (Å²) in [4.78, 5) is 17.2. The SMILES string of the molecule is C=C1/C(I)=C(/C(=O)OCC)C(C(C)C)=NCCC(C)(C)C[C@@H]1O. The molecule has 0 aromatic rings. The number of hydrogen-bond donors (Lipinski definition) is 1. The maximum Gasteiger partial charge on any atom is 0.341 e. The van der Waals surface area contributed by atoms with E-state index >= 15 is 0 Å². The van der Waals surface area contributed by atoms with Gasteiger partial charge in [-0.1, -0.05) is 34.3 Å². The monoisotopic (exact) mass is 433 g/mol. The Balaban J connectivity index is 3.46. The predicted octanol–water partition coefficient (Wildman–Crippen LogP) is 4.07. The van der Waals surface area contributed by atoms with E-state index in [9.17, 15) is 9.90 Å². The normalized spacial score (nSPS) is 26.0. The van der Waals surface area contributed by atoms with Gasteiger partial charge in [-0.05, 0) is 59.3 Å². The molecule has 0 amide bonds. The molecule has 0 spiro atoms. The van der Waals surface area contributed by atoms with Gasteiger partial charge in [0.15, 0.2) is 0 Å². The van der Waals surface area contributed by atoms with Gasteiger partial charge in [0.2, 0.25) is 0 Å². The summed E-state index contributed by atoms with van der Waals surface area (Å²) < 4.78 is 5.87. The number of ether oxygens (including phenoxy) is 1. The summed E-state index contributed by atoms with van der Waals surface area (Å²) >= 11 is 2.09. The highest BCUT2D eigenvalue weighted by Gasteiger charge is 2.30. The number of nitrogens with zero attached hydrogens (tertiary/aromatic N) is 1. The highest BCUT2D eigenvalue weighted by Crippen LogP contribution is 2.35. The Hall–Kier alpha value is -0.690. The van der Waals surface area contributed by atoms with Gasteiger partial charge in [0, 0.05) is 10.1 Å². The number of carbonyl (C=O) groups is 1. The molecule has 0 bridgehead atoms. The van der Waals surface area contributed by atoms with Crippen molar-refractivity contribution in [3.8, 4) is 0 Å². The van der Waals surface area contributed by atoms with Crippen LogP contribution >= 0.6 is 22.6 Å². The van der Waals surface area contributed by atoms with Gasteiger partial charge >= 0.3 is 5.97 Å². The zero-order chi connectivity index (χ0) is 17.8. The molecule has 5 heteroatoms. The smallest absolute Gasteiger partial charge is 0.341 e. The van der Waals surface area contributed by atoms with Crippen molar-refractivity contribution in [2.75, 3.05) is 13.2 Å². The maximum atomic E-state index is 12.5. The fourth-order valence-electron chi connectivity index (χ4n) is 2.59. The van der Waals surface area contributed by atoms with Gasteiger partial charge in [0.05, 0.1) is 24.0 Å². The molecule has 1 atom stereocenters. The van der Waals surface area contributed by atoms with Crippen molar-refractivity contribution in [2.24, 2.45) is 16.3 Å². The molecule has 0 saturated heterocycles. The first kappa shape index (κ1) is 20.4. The quantitative estimate of drug-likeness (QED) is 0.539. The van der Waals surface area contributed by atoms with Gasteiger partial charge in [0.1, 0.15) is 0 Å². The van der Waals surface area contributed by atoms with Crippen LogP contribution in [0.15, 0.2) is 26.3 Å². The van der Waals surface area contributed by atoms with Crippen LogP contribution in [0.1, 0.15) is 47.5 Å². The van der Waals surface area contributed by atoms with E-state index in [2.05, 4.69) is 43.0 Å². The molecule has 1 rings (SSSR count). The summed E-state index contributed by atoms with van der Waals surface area (Å²) in [6, 6.07) is 0. The Morgan fingerprint density at radius 3 is 2.65 bits per heavy atom. The van der Waals surface area contributed by atoms with E-state index in [1.807, 2.05) is 13.8 Å². The third kappa shape index (κ3) is 5.41. The highest BCUT2D eigenvalue weighted by atomic mass is 127. The Labute approximate surface area is 153 Å². The van der Waals surface area contributed by atoms with E-state index in [0.717, 1.165) is 12.1 Å². The summed E-state index contributed by atoms with van der Waals surface area (Å²) in [6.07, 6.45) is 0.772. The lowest BCUT2D eigenvalue weighted by atomic mass is 9.81. The van der Waals surface area contributed by atoms with Crippen molar-refractivity contribution in [2.45, 2.75) is 53.6 Å². The van der Waals surface area contributed by atoms with E-state index in [-0.39, 0.29) is 11.3 Å². The predicted molar refractivity (Wildman–Crippen MR) is 103 cm³/mol. The van der Waals surface area contributed by atoms with Crippen LogP contribution in [-0.4, -0.2) is 36.0 Å². The molecule has 0 aliphatic carbocycles. The third-order valence-electron chi connectivity index (χ3n) is 4.00. The lowest BCUT2D eigenvalue weighted by Crippen LogP contribution is -2.28. The molecule has 0 aromatic carbocycles. The van der Waals surface area contributed by atoms with Gasteiger partial charge in [-0.3, -0.25) is 4.99 Å². The Kier molecular flexibility index (Phi) is 7.45. The summed E-state index contributed by atoms with van der Waals surface area (Å²) in [5.41, 5.74) is 1.72. The molecule has 130 valence electrons. The van der Waals surface area contributed by atoms with Gasteiger partial charge < -0.3 is 9.84 Å². The fraction of sp³-hybridized carbons (Fsp3) is 0.667. The first-order valence-electron chi connectivity index (χ1n) is 8.09. The minimum atomic E-state index is -0.673. The van der Waals surface area contributed by atoms with Crippen LogP contribution in [0.3, 0.4) is 0 Å². The van der Waals surface area contributed by atoms with Crippen LogP contribution in [0, 0.1) is 11.3 Å². The van der Waals surface area contributed by atoms with E-state index in [1.54, 1.807) is 6.92 Å². The number of aliphatic imine (C=N–C) groups is 1. The molecule has 1 aliphatic heterocycles. The molecule has 0 saturated carbocycles. The fourth-order valence-corrected chi connectivity index (χ4v) is 3.45. The van der Waals surface area contributed by atoms with E-state index in [1.165, 1.54) is 0 Å². The number of esters is 1. The molecular weight excluding hydrogens is 405 g/mol. The number of aliphatic hydroxyl groups excluding tert-OH is 1. The second-order valence-corrected chi connectivity index (χ2v) is 8.07. The number of halogens is 1. The number of hydrogen-bond acceptors (Lipinski definition) is 4. The highest BCUT2D eigenvalue weighted by molar-refractivity contribution is 14.1. The van der Waals surface area contributed by atoms with Gasteiger partial charge in [0.25, 0.3) is 0 Å². The first-order chi connectivity index (χ1) is 10.6. The third-order valence-corrected chi connectivity index (χ3v) is 5.24. The summed E-state index contributed by atoms with van der Waals surface area (Å²) in [7, 11) is 0. The van der Waals surface area contributed by atoms with Gasteiger partial charge in [-0.25, -0.2) is 4.79 Å². The van der Waals surface area contributed by atoms with Crippen LogP contribution in [0.4, 0.5) is 0 Å². The molecule has 0 radical (unpaired) electrons. The number of aliphatic hydroxyl groups is 1. The largest absolute Gasteiger partial charge is 0.462 e. The average Bonchev–Trinajstić information content (AvgIpc) is 2.43. The zero-order valence-electron chi connectivity index (χ0n) is 14.8. The van der Waals surface area contributed by atoms with Crippen molar-refractivity contribution in [1.29, 1.82) is 0 Å². The average molecular weight is 433 g/mol. The molecule has 1 N–H and O–H groups in total. The van der Waals surface area contributed by atoms with Crippen LogP contribution < -0.4 is 0 Å². The van der Waals surface area contributed by atoms with Crippen molar-refractivity contribution >= 4 is 34.3 Å². The first-order valence-corrected chi connectivity index (χ1v) is 9.17. The second-order valence-electron chi connectivity index (χ2n) is 6.99. The lowest BCUT2D eigenvalue weighted by Gasteiger charge is -2.30. The van der Waals surface area contributed by atoms with Crippen LogP contribution in [0.25, 0.3) is 0 Å². The number of rotatable bonds is 3. The Bertz CT molecular complexity index is 532. The summed E-state index contributed by atoms with van der Waals surface area (Å²) in [6.45, 7) is 15.0. The molecule has 0 fully saturated rings. The molecule has 23 heavy (non-hydrogen) atoms. The van der Waals surface area contributed by atoms with Crippen LogP contribution in [-0.2, 0) is 9.53 Å². The maximum absolute atomic E-state index is 12.5. The minimum absolute atomic E-state index is 0.0354. The zero-order valence-corrected chi connectivity index (χ0v) is 16.9. The molecule has 0 unspecified atom stereocenters. The van der Waals surface area contributed by atoms with Crippen molar-refractivity contribution in [3.63, 3.8) is 0 Å². The van der Waals surface area contributed by atoms with Crippen molar-refractivity contribution < 1.29 is 14.6 Å². The van der Waals surface area contributed by atoms with E-state index < -0.39 is 12.1 Å². The molecule has 4 nitrogen and oxygen atoms in total. The Morgan fingerprint density at radius 2 is 2.13 bits per heavy atom. The Morgan fingerprint density at radius 1 is 1.52 bits per heavy atom. The van der Waals surface area contributed by atoms with E-state index in [0.29, 0.717) is 34.3 Å². The molecule has 0 aromatic heterocycles. The lowest BCUT2D eigenvalue weighted by molar-refractivity contribution is -0.137. The van der Waals surface area contributed by atoms with Crippen molar-refractivity contribution in [3.05, 3.63) is 21.3 Å². The van der Waals surface area contributed by atoms with Crippen molar-refractivity contribution in [1.82, 2.24) is 0 Å². The topological polar surface area (TPSA) is 58.9 Å². The van der Waals surface area contributed by atoms with Gasteiger partial charge in [-0.2, -0.15) is 0 Å². The number of carbonyl (C=O) groups excluding carboxylic acids is 1. The van der Waals surface area contributed by atoms with E-state index in [4.69, 9.17) is 9.73 Å². The standard InChI is InChI=1S/C18H28INO3/c1-7-23-17(22)14-15(19)12(4)13(21)10-18(5,6)8-9-20-16(14)11(2)3/h11,13,21H,4,7-10H2,1-3,5-6H3/b15-14-,20-16?/t13-/m0/s1. The second kappa shape index (κ2) is 8.42. The van der Waals surface area contributed by atoms with Gasteiger partial charge in [-0.15, -0.1) is 0 Å². The summed E-state index contributed by atoms with van der Waals surface area (Å²) in [5, 5.41) is 10.5. The van der Waals surface area contributed by atoms with Crippen LogP contribution in [0.5, 0.6) is 0 Å². The molecule has 1 aliphatic rings. The molecular formula is C18H28INO3. The molecule has 1 heterocycles.